The van der Waals surface area contributed by atoms with E-state index in [2.05, 4.69) is 0 Å². The molecule has 0 saturated carbocycles. The second-order valence-electron chi connectivity index (χ2n) is 6.29. The summed E-state index contributed by atoms with van der Waals surface area (Å²) >= 11 is 5.71. The molecule has 1 aromatic carbocycles. The van der Waals surface area contributed by atoms with E-state index in [1.54, 1.807) is 11.0 Å². The summed E-state index contributed by atoms with van der Waals surface area (Å²) in [6.07, 6.45) is 1.49. The maximum atomic E-state index is 13.7. The molecule has 2 aliphatic heterocycles. The average Bonchev–Trinajstić information content (AvgIpc) is 3.18. The van der Waals surface area contributed by atoms with Crippen LogP contribution in [-0.2, 0) is 14.3 Å². The van der Waals surface area contributed by atoms with Crippen LogP contribution in [0.3, 0.4) is 0 Å². The van der Waals surface area contributed by atoms with Gasteiger partial charge in [-0.3, -0.25) is 9.59 Å². The van der Waals surface area contributed by atoms with Gasteiger partial charge >= 0.3 is 5.97 Å². The van der Waals surface area contributed by atoms with Crippen molar-refractivity contribution in [2.75, 3.05) is 13.2 Å². The Kier molecular flexibility index (Phi) is 5.06. The van der Waals surface area contributed by atoms with E-state index < -0.39 is 23.8 Å². The average molecular weight is 356 g/mol. The molecule has 1 unspecified atom stereocenters. The van der Waals surface area contributed by atoms with Crippen LogP contribution in [-0.4, -0.2) is 41.1 Å². The van der Waals surface area contributed by atoms with Crippen LogP contribution in [0, 0.1) is 11.7 Å². The third-order valence-electron chi connectivity index (χ3n) is 4.75. The van der Waals surface area contributed by atoms with Gasteiger partial charge in [-0.2, -0.15) is 0 Å². The van der Waals surface area contributed by atoms with Crippen LogP contribution in [0.25, 0.3) is 0 Å². The number of hydrogen-bond acceptors (Lipinski definition) is 3. The Morgan fingerprint density at radius 3 is 2.88 bits per heavy atom. The van der Waals surface area contributed by atoms with Gasteiger partial charge < -0.3 is 14.7 Å². The first-order valence-corrected chi connectivity index (χ1v) is 8.44. The molecule has 1 amide bonds. The summed E-state index contributed by atoms with van der Waals surface area (Å²) in [6.45, 7) is 0.984. The van der Waals surface area contributed by atoms with Gasteiger partial charge in [0.2, 0.25) is 5.91 Å². The standard InChI is InChI=1S/C17H19ClFNO4/c18-13-4-3-10(8-14(13)19)16-12(5-7-24-16)17(23)20-6-1-2-11(20)9-15(21)22/h3-4,8,11-12,16H,1-2,5-7,9H2,(H,21,22)/t11?,12-,16+/m1/s1. The SMILES string of the molecule is O=C(O)CC1CCCN1C(=O)[C@@H]1CCO[C@H]1c1ccc(Cl)c(F)c1. The van der Waals surface area contributed by atoms with Crippen molar-refractivity contribution in [2.24, 2.45) is 5.92 Å². The molecule has 0 aliphatic carbocycles. The summed E-state index contributed by atoms with van der Waals surface area (Å²) in [6, 6.07) is 4.16. The molecule has 7 heteroatoms. The smallest absolute Gasteiger partial charge is 0.305 e. The molecule has 2 heterocycles. The van der Waals surface area contributed by atoms with Gasteiger partial charge in [-0.25, -0.2) is 4.39 Å². The quantitative estimate of drug-likeness (QED) is 0.901. The zero-order chi connectivity index (χ0) is 17.3. The number of carbonyl (C=O) groups excluding carboxylic acids is 1. The van der Waals surface area contributed by atoms with Gasteiger partial charge in [0.1, 0.15) is 5.82 Å². The number of nitrogens with zero attached hydrogens (tertiary/aromatic N) is 1. The second kappa shape index (κ2) is 7.07. The molecular weight excluding hydrogens is 337 g/mol. The number of rotatable bonds is 4. The van der Waals surface area contributed by atoms with E-state index in [1.807, 2.05) is 0 Å². The van der Waals surface area contributed by atoms with Crippen molar-refractivity contribution in [1.82, 2.24) is 4.90 Å². The summed E-state index contributed by atoms with van der Waals surface area (Å²) in [5, 5.41) is 9.04. The molecule has 1 aromatic rings. The monoisotopic (exact) mass is 355 g/mol. The maximum absolute atomic E-state index is 13.7. The van der Waals surface area contributed by atoms with Crippen molar-refractivity contribution >= 4 is 23.5 Å². The van der Waals surface area contributed by atoms with E-state index in [4.69, 9.17) is 21.4 Å². The van der Waals surface area contributed by atoms with E-state index >= 15 is 0 Å². The largest absolute Gasteiger partial charge is 0.481 e. The molecule has 0 aromatic heterocycles. The first-order valence-electron chi connectivity index (χ1n) is 8.06. The lowest BCUT2D eigenvalue weighted by Gasteiger charge is -2.28. The number of amides is 1. The molecule has 24 heavy (non-hydrogen) atoms. The highest BCUT2D eigenvalue weighted by molar-refractivity contribution is 6.30. The van der Waals surface area contributed by atoms with Gasteiger partial charge in [-0.1, -0.05) is 17.7 Å². The fraction of sp³-hybridized carbons (Fsp3) is 0.529. The molecule has 1 N–H and O–H groups in total. The van der Waals surface area contributed by atoms with Crippen molar-refractivity contribution in [3.8, 4) is 0 Å². The molecule has 2 saturated heterocycles. The Morgan fingerprint density at radius 1 is 1.38 bits per heavy atom. The van der Waals surface area contributed by atoms with Crippen LogP contribution in [0.2, 0.25) is 5.02 Å². The van der Waals surface area contributed by atoms with Crippen LogP contribution in [0.5, 0.6) is 0 Å². The Balaban J connectivity index is 1.78. The molecule has 2 fully saturated rings. The van der Waals surface area contributed by atoms with Crippen LogP contribution < -0.4 is 0 Å². The third-order valence-corrected chi connectivity index (χ3v) is 5.06. The van der Waals surface area contributed by atoms with E-state index in [1.165, 1.54) is 12.1 Å². The van der Waals surface area contributed by atoms with E-state index in [9.17, 15) is 14.0 Å². The number of likely N-dealkylation sites (tertiary alicyclic amines) is 1. The van der Waals surface area contributed by atoms with E-state index in [0.29, 0.717) is 31.6 Å². The summed E-state index contributed by atoms with van der Waals surface area (Å²) in [7, 11) is 0. The molecule has 0 bridgehead atoms. The highest BCUT2D eigenvalue weighted by Gasteiger charge is 2.41. The molecule has 0 spiro atoms. The van der Waals surface area contributed by atoms with Crippen molar-refractivity contribution in [3.63, 3.8) is 0 Å². The van der Waals surface area contributed by atoms with Gasteiger partial charge in [0, 0.05) is 19.2 Å². The number of carboxylic acid groups (broad SMARTS) is 1. The van der Waals surface area contributed by atoms with Gasteiger partial charge in [0.15, 0.2) is 0 Å². The highest BCUT2D eigenvalue weighted by Crippen LogP contribution is 2.38. The van der Waals surface area contributed by atoms with Crippen molar-refractivity contribution in [2.45, 2.75) is 37.8 Å². The van der Waals surface area contributed by atoms with Crippen molar-refractivity contribution in [3.05, 3.63) is 34.6 Å². The minimum absolute atomic E-state index is 0.0284. The Morgan fingerprint density at radius 2 is 2.17 bits per heavy atom. The van der Waals surface area contributed by atoms with Gasteiger partial charge in [0.05, 0.1) is 23.5 Å². The number of carbonyl (C=O) groups is 2. The topological polar surface area (TPSA) is 66.8 Å². The van der Waals surface area contributed by atoms with Crippen LogP contribution in [0.15, 0.2) is 18.2 Å². The zero-order valence-corrected chi connectivity index (χ0v) is 13.8. The molecule has 3 rings (SSSR count). The van der Waals surface area contributed by atoms with Crippen LogP contribution >= 0.6 is 11.6 Å². The van der Waals surface area contributed by atoms with Crippen LogP contribution in [0.4, 0.5) is 4.39 Å². The van der Waals surface area contributed by atoms with Crippen molar-refractivity contribution < 1.29 is 23.8 Å². The number of halogens is 2. The summed E-state index contributed by atoms with van der Waals surface area (Å²) in [4.78, 5) is 25.6. The highest BCUT2D eigenvalue weighted by atomic mass is 35.5. The minimum atomic E-state index is -0.904. The summed E-state index contributed by atoms with van der Waals surface area (Å²) in [5.41, 5.74) is 0.585. The molecule has 2 aliphatic rings. The number of carboxylic acids is 1. The summed E-state index contributed by atoms with van der Waals surface area (Å²) in [5.74, 6) is -1.96. The fourth-order valence-corrected chi connectivity index (χ4v) is 3.73. The number of benzene rings is 1. The van der Waals surface area contributed by atoms with E-state index in [0.717, 1.165) is 6.42 Å². The molecule has 130 valence electrons. The van der Waals surface area contributed by atoms with Gasteiger partial charge in [-0.05, 0) is 37.0 Å². The molecular formula is C17H19ClFNO4. The van der Waals surface area contributed by atoms with Crippen LogP contribution in [0.1, 0.15) is 37.4 Å². The predicted molar refractivity (Wildman–Crippen MR) is 85.2 cm³/mol. The number of ether oxygens (including phenoxy) is 1. The first kappa shape index (κ1) is 17.2. The predicted octanol–water partition coefficient (Wildman–Crippen LogP) is 3.02. The molecule has 5 nitrogen and oxygen atoms in total. The Hall–Kier alpha value is -1.66. The molecule has 3 atom stereocenters. The fourth-order valence-electron chi connectivity index (χ4n) is 3.61. The lowest BCUT2D eigenvalue weighted by atomic mass is 9.93. The summed E-state index contributed by atoms with van der Waals surface area (Å²) < 4.78 is 19.4. The van der Waals surface area contributed by atoms with Gasteiger partial charge in [0.25, 0.3) is 0 Å². The Bertz CT molecular complexity index is 653. The van der Waals surface area contributed by atoms with E-state index in [-0.39, 0.29) is 23.4 Å². The third kappa shape index (κ3) is 3.39. The zero-order valence-electron chi connectivity index (χ0n) is 13.1. The normalized spacial score (nSPS) is 26.8. The Labute approximate surface area is 144 Å². The lowest BCUT2D eigenvalue weighted by Crippen LogP contribution is -2.41. The molecule has 0 radical (unpaired) electrons. The minimum Gasteiger partial charge on any atom is -0.481 e. The number of aliphatic carboxylic acids is 1. The lowest BCUT2D eigenvalue weighted by molar-refractivity contribution is -0.142. The van der Waals surface area contributed by atoms with Gasteiger partial charge in [-0.15, -0.1) is 0 Å². The first-order chi connectivity index (χ1) is 11.5. The second-order valence-corrected chi connectivity index (χ2v) is 6.69. The number of hydrogen-bond donors (Lipinski definition) is 1. The maximum Gasteiger partial charge on any atom is 0.305 e. The van der Waals surface area contributed by atoms with Crippen molar-refractivity contribution in [1.29, 1.82) is 0 Å².